The number of hydrogen-bond donors (Lipinski definition) is 1. The van der Waals surface area contributed by atoms with Gasteiger partial charge >= 0.3 is 0 Å². The van der Waals surface area contributed by atoms with E-state index >= 15 is 0 Å². The molecule has 1 unspecified atom stereocenters. The predicted octanol–water partition coefficient (Wildman–Crippen LogP) is 1.49. The Bertz CT molecular complexity index is 482. The van der Waals surface area contributed by atoms with Gasteiger partial charge in [0.1, 0.15) is 6.04 Å². The third-order valence-corrected chi connectivity index (χ3v) is 3.78. The van der Waals surface area contributed by atoms with Crippen molar-refractivity contribution in [3.63, 3.8) is 0 Å². The van der Waals surface area contributed by atoms with Gasteiger partial charge in [0.25, 0.3) is 0 Å². The Hall–Kier alpha value is -1.84. The summed E-state index contributed by atoms with van der Waals surface area (Å²) in [4.78, 5) is 26.2. The van der Waals surface area contributed by atoms with E-state index in [1.165, 1.54) is 12.8 Å². The second-order valence-corrected chi connectivity index (χ2v) is 5.39. The van der Waals surface area contributed by atoms with Crippen LogP contribution in [0.4, 0.5) is 0 Å². The number of hydrogen-bond acceptors (Lipinski definition) is 2. The van der Waals surface area contributed by atoms with Crippen molar-refractivity contribution in [1.29, 1.82) is 0 Å². The molecule has 2 amide bonds. The quantitative estimate of drug-likeness (QED) is 0.893. The van der Waals surface area contributed by atoms with Gasteiger partial charge in [-0.15, -0.1) is 0 Å². The highest BCUT2D eigenvalue weighted by molar-refractivity contribution is 5.90. The summed E-state index contributed by atoms with van der Waals surface area (Å²) >= 11 is 0. The molecule has 3 rings (SSSR count). The average molecular weight is 258 g/mol. The lowest BCUT2D eigenvalue weighted by Gasteiger charge is -2.24. The smallest absolute Gasteiger partial charge is 0.249 e. The van der Waals surface area contributed by atoms with Crippen molar-refractivity contribution in [2.24, 2.45) is 5.92 Å². The van der Waals surface area contributed by atoms with Crippen LogP contribution in [0.5, 0.6) is 0 Å². The molecule has 0 radical (unpaired) electrons. The number of nitrogens with zero attached hydrogens (tertiary/aromatic N) is 1. The molecule has 0 spiro atoms. The molecule has 1 N–H and O–H groups in total. The van der Waals surface area contributed by atoms with Gasteiger partial charge in [-0.2, -0.15) is 0 Å². The van der Waals surface area contributed by atoms with Gasteiger partial charge < -0.3 is 10.2 Å². The molecule has 2 aliphatic rings. The first kappa shape index (κ1) is 12.2. The Morgan fingerprint density at radius 1 is 1.16 bits per heavy atom. The largest absolute Gasteiger partial charge is 0.340 e. The maximum atomic E-state index is 12.6. The fourth-order valence-electron chi connectivity index (χ4n) is 2.49. The Morgan fingerprint density at radius 3 is 2.58 bits per heavy atom. The zero-order valence-corrected chi connectivity index (χ0v) is 10.8. The van der Waals surface area contributed by atoms with E-state index in [2.05, 4.69) is 5.32 Å². The van der Waals surface area contributed by atoms with E-state index in [4.69, 9.17) is 0 Å². The highest BCUT2D eigenvalue weighted by atomic mass is 16.2. The SMILES string of the molecule is O=C1CCN(CC2CC2)C(=O)C(c2ccccc2)N1. The topological polar surface area (TPSA) is 49.4 Å². The summed E-state index contributed by atoms with van der Waals surface area (Å²) in [6, 6.07) is 8.96. The van der Waals surface area contributed by atoms with Gasteiger partial charge in [0, 0.05) is 19.5 Å². The van der Waals surface area contributed by atoms with Crippen LogP contribution in [0.2, 0.25) is 0 Å². The van der Waals surface area contributed by atoms with Gasteiger partial charge in [-0.3, -0.25) is 9.59 Å². The molecular weight excluding hydrogens is 240 g/mol. The van der Waals surface area contributed by atoms with Crippen molar-refractivity contribution >= 4 is 11.8 Å². The molecule has 4 heteroatoms. The van der Waals surface area contributed by atoms with Crippen LogP contribution in [-0.2, 0) is 9.59 Å². The highest BCUT2D eigenvalue weighted by Gasteiger charge is 2.34. The number of amides is 2. The molecule has 1 saturated carbocycles. The zero-order chi connectivity index (χ0) is 13.2. The number of nitrogens with one attached hydrogen (secondary N) is 1. The van der Waals surface area contributed by atoms with Gasteiger partial charge in [-0.05, 0) is 24.3 Å². The lowest BCUT2D eigenvalue weighted by Crippen LogP contribution is -2.39. The first-order valence-corrected chi connectivity index (χ1v) is 6.87. The van der Waals surface area contributed by atoms with Gasteiger partial charge in [-0.1, -0.05) is 30.3 Å². The minimum absolute atomic E-state index is 0.0314. The second-order valence-electron chi connectivity index (χ2n) is 5.39. The molecular formula is C15H18N2O2. The molecule has 2 fully saturated rings. The summed E-state index contributed by atoms with van der Waals surface area (Å²) in [5.41, 5.74) is 0.864. The number of rotatable bonds is 3. The summed E-state index contributed by atoms with van der Waals surface area (Å²) < 4.78 is 0. The van der Waals surface area contributed by atoms with Gasteiger partial charge in [0.05, 0.1) is 0 Å². The molecule has 1 heterocycles. The number of carbonyl (C=O) groups is 2. The normalized spacial score (nSPS) is 24.0. The van der Waals surface area contributed by atoms with Gasteiger partial charge in [-0.25, -0.2) is 0 Å². The summed E-state index contributed by atoms with van der Waals surface area (Å²) in [5, 5.41) is 2.84. The van der Waals surface area contributed by atoms with E-state index in [1.54, 1.807) is 0 Å². The van der Waals surface area contributed by atoms with Crippen molar-refractivity contribution in [2.75, 3.05) is 13.1 Å². The van der Waals surface area contributed by atoms with Crippen LogP contribution in [0, 0.1) is 5.92 Å². The van der Waals surface area contributed by atoms with Crippen LogP contribution < -0.4 is 5.32 Å². The standard InChI is InChI=1S/C15H18N2O2/c18-13-8-9-17(10-11-6-7-11)15(19)14(16-13)12-4-2-1-3-5-12/h1-5,11,14H,6-10H2,(H,16,18). The van der Waals surface area contributed by atoms with Gasteiger partial charge in [0.2, 0.25) is 11.8 Å². The molecule has 4 nitrogen and oxygen atoms in total. The summed E-state index contributed by atoms with van der Waals surface area (Å²) in [6.07, 6.45) is 2.82. The van der Waals surface area contributed by atoms with Crippen LogP contribution >= 0.6 is 0 Å². The van der Waals surface area contributed by atoms with E-state index in [-0.39, 0.29) is 11.8 Å². The molecule has 0 bridgehead atoms. The van der Waals surface area contributed by atoms with E-state index in [0.29, 0.717) is 18.9 Å². The maximum absolute atomic E-state index is 12.6. The minimum Gasteiger partial charge on any atom is -0.340 e. The lowest BCUT2D eigenvalue weighted by atomic mass is 10.1. The highest BCUT2D eigenvalue weighted by Crippen LogP contribution is 2.31. The number of carbonyl (C=O) groups excluding carboxylic acids is 2. The molecule has 1 aliphatic carbocycles. The van der Waals surface area contributed by atoms with Crippen LogP contribution in [0.15, 0.2) is 30.3 Å². The Kier molecular flexibility index (Phi) is 3.23. The summed E-state index contributed by atoms with van der Waals surface area (Å²) in [5.74, 6) is 0.637. The average Bonchev–Trinajstić information content (AvgIpc) is 3.25. The van der Waals surface area contributed by atoms with E-state index < -0.39 is 6.04 Å². The van der Waals surface area contributed by atoms with Crippen molar-refractivity contribution < 1.29 is 9.59 Å². The molecule has 19 heavy (non-hydrogen) atoms. The van der Waals surface area contributed by atoms with Crippen molar-refractivity contribution in [3.8, 4) is 0 Å². The fraction of sp³-hybridized carbons (Fsp3) is 0.467. The second kappa shape index (κ2) is 5.03. The van der Waals surface area contributed by atoms with Gasteiger partial charge in [0.15, 0.2) is 0 Å². The molecule has 1 aromatic rings. The van der Waals surface area contributed by atoms with E-state index in [0.717, 1.165) is 12.1 Å². The Labute approximate surface area is 112 Å². The van der Waals surface area contributed by atoms with Crippen LogP contribution in [-0.4, -0.2) is 29.8 Å². The third kappa shape index (κ3) is 2.78. The minimum atomic E-state index is -0.519. The maximum Gasteiger partial charge on any atom is 0.249 e. The fourth-order valence-corrected chi connectivity index (χ4v) is 2.49. The monoisotopic (exact) mass is 258 g/mol. The van der Waals surface area contributed by atoms with Crippen molar-refractivity contribution in [2.45, 2.75) is 25.3 Å². The van der Waals surface area contributed by atoms with E-state index in [9.17, 15) is 9.59 Å². The lowest BCUT2D eigenvalue weighted by molar-refractivity contribution is -0.133. The van der Waals surface area contributed by atoms with Crippen molar-refractivity contribution in [3.05, 3.63) is 35.9 Å². The molecule has 1 aromatic carbocycles. The zero-order valence-electron chi connectivity index (χ0n) is 10.8. The first-order valence-electron chi connectivity index (χ1n) is 6.87. The Balaban J connectivity index is 1.83. The molecule has 1 saturated heterocycles. The Morgan fingerprint density at radius 2 is 1.89 bits per heavy atom. The molecule has 1 atom stereocenters. The molecule has 100 valence electrons. The number of benzene rings is 1. The van der Waals surface area contributed by atoms with Crippen LogP contribution in [0.25, 0.3) is 0 Å². The summed E-state index contributed by atoms with van der Waals surface area (Å²) in [7, 11) is 0. The van der Waals surface area contributed by atoms with Crippen molar-refractivity contribution in [1.82, 2.24) is 10.2 Å². The molecule has 0 aromatic heterocycles. The summed E-state index contributed by atoms with van der Waals surface area (Å²) in [6.45, 7) is 1.35. The van der Waals surface area contributed by atoms with E-state index in [1.807, 2.05) is 35.2 Å². The predicted molar refractivity (Wildman–Crippen MR) is 71.2 cm³/mol. The molecule has 1 aliphatic heterocycles. The third-order valence-electron chi connectivity index (χ3n) is 3.78. The first-order chi connectivity index (χ1) is 9.24. The van der Waals surface area contributed by atoms with Crippen LogP contribution in [0.1, 0.15) is 30.9 Å². The van der Waals surface area contributed by atoms with Crippen LogP contribution in [0.3, 0.4) is 0 Å².